The summed E-state index contributed by atoms with van der Waals surface area (Å²) in [6, 6.07) is 0. The highest BCUT2D eigenvalue weighted by Gasteiger charge is 2.68. The Kier molecular flexibility index (Phi) is 4.27. The van der Waals surface area contributed by atoms with E-state index in [1.165, 1.54) is 6.92 Å². The van der Waals surface area contributed by atoms with Gasteiger partial charge in [0.1, 0.15) is 11.9 Å². The van der Waals surface area contributed by atoms with Gasteiger partial charge in [-0.2, -0.15) is 0 Å². The molecule has 0 bridgehead atoms. The summed E-state index contributed by atoms with van der Waals surface area (Å²) in [6.45, 7) is 7.47. The smallest absolute Gasteiger partial charge is 0.302 e. The Bertz CT molecular complexity index is 682. The van der Waals surface area contributed by atoms with Gasteiger partial charge in [0, 0.05) is 31.1 Å². The fraction of sp³-hybridized carbons (Fsp3) is 0.913. The van der Waals surface area contributed by atoms with Crippen molar-refractivity contribution >= 4 is 11.8 Å². The summed E-state index contributed by atoms with van der Waals surface area (Å²) < 4.78 is 18.4. The van der Waals surface area contributed by atoms with Crippen molar-refractivity contribution in [1.29, 1.82) is 0 Å². The van der Waals surface area contributed by atoms with E-state index in [4.69, 9.17) is 14.2 Å². The van der Waals surface area contributed by atoms with Gasteiger partial charge in [-0.05, 0) is 61.7 Å². The van der Waals surface area contributed by atoms with E-state index in [2.05, 4.69) is 13.8 Å². The lowest BCUT2D eigenvalue weighted by molar-refractivity contribution is -0.297. The van der Waals surface area contributed by atoms with E-state index in [0.29, 0.717) is 42.7 Å². The molecule has 0 aromatic carbocycles. The standard InChI is InChI=1S/C23H34O5/c1-14(24)28-16-6-8-21(2)15(12-16)13-23(26-10-11-27-23)20-17-4-5-19(25)22(17,3)9-7-18(20)21/h15-18,20H,4-13H2,1-3H3/t15-,16+,17?,18?,20?,21+,22+/m1/s1. The summed E-state index contributed by atoms with van der Waals surface area (Å²) in [5.41, 5.74) is 0.0243. The van der Waals surface area contributed by atoms with Crippen LogP contribution in [0.2, 0.25) is 0 Å². The van der Waals surface area contributed by atoms with Gasteiger partial charge in [-0.25, -0.2) is 0 Å². The molecule has 5 heteroatoms. The first-order valence-corrected chi connectivity index (χ1v) is 11.3. The Morgan fingerprint density at radius 1 is 1.07 bits per heavy atom. The third-order valence-corrected chi connectivity index (χ3v) is 9.46. The molecule has 0 amide bonds. The Balaban J connectivity index is 1.51. The van der Waals surface area contributed by atoms with Gasteiger partial charge < -0.3 is 14.2 Å². The summed E-state index contributed by atoms with van der Waals surface area (Å²) in [5, 5.41) is 0. The minimum absolute atomic E-state index is 0.0208. The molecule has 0 aromatic rings. The van der Waals surface area contributed by atoms with Gasteiger partial charge in [-0.3, -0.25) is 9.59 Å². The van der Waals surface area contributed by atoms with E-state index in [-0.39, 0.29) is 22.9 Å². The van der Waals surface area contributed by atoms with Gasteiger partial charge >= 0.3 is 5.97 Å². The molecule has 0 radical (unpaired) electrons. The predicted molar refractivity (Wildman–Crippen MR) is 102 cm³/mol. The van der Waals surface area contributed by atoms with Gasteiger partial charge in [-0.15, -0.1) is 0 Å². The molecule has 4 aliphatic carbocycles. The molecule has 4 saturated carbocycles. The third-order valence-electron chi connectivity index (χ3n) is 9.46. The van der Waals surface area contributed by atoms with Crippen molar-refractivity contribution in [3.05, 3.63) is 0 Å². The van der Waals surface area contributed by atoms with Gasteiger partial charge in [0.25, 0.3) is 0 Å². The number of ether oxygens (including phenoxy) is 3. The number of ketones is 1. The fourth-order valence-corrected chi connectivity index (χ4v) is 8.05. The third kappa shape index (κ3) is 2.51. The zero-order valence-electron chi connectivity index (χ0n) is 17.5. The number of Topliss-reactive ketones (excluding diaryl/α,β-unsaturated/α-hetero) is 1. The molecule has 3 unspecified atom stereocenters. The molecule has 28 heavy (non-hydrogen) atoms. The molecule has 1 spiro atoms. The monoisotopic (exact) mass is 390 g/mol. The first-order chi connectivity index (χ1) is 13.3. The van der Waals surface area contributed by atoms with Crippen LogP contribution in [0.3, 0.4) is 0 Å². The Labute approximate surface area is 167 Å². The normalized spacial score (nSPS) is 49.4. The second-order valence-electron chi connectivity index (χ2n) is 10.6. The van der Waals surface area contributed by atoms with Crippen LogP contribution in [-0.2, 0) is 23.8 Å². The van der Waals surface area contributed by atoms with Crippen LogP contribution in [0.25, 0.3) is 0 Å². The lowest BCUT2D eigenvalue weighted by Crippen LogP contribution is -2.64. The number of carbonyl (C=O) groups is 2. The molecule has 5 fully saturated rings. The van der Waals surface area contributed by atoms with E-state index >= 15 is 0 Å². The van der Waals surface area contributed by atoms with Gasteiger partial charge in [0.2, 0.25) is 0 Å². The Morgan fingerprint density at radius 2 is 1.82 bits per heavy atom. The predicted octanol–water partition coefficient (Wildman–Crippen LogP) is 3.88. The SMILES string of the molecule is CC(=O)O[C@H]1CC[C@]2(C)C3CC[C@]4(C)C(=O)CCC4C3C3(C[C@H]2C1)OCCO3. The largest absolute Gasteiger partial charge is 0.463 e. The van der Waals surface area contributed by atoms with Crippen molar-refractivity contribution in [1.82, 2.24) is 0 Å². The van der Waals surface area contributed by atoms with Crippen LogP contribution < -0.4 is 0 Å². The quantitative estimate of drug-likeness (QED) is 0.636. The molecule has 1 heterocycles. The minimum Gasteiger partial charge on any atom is -0.463 e. The number of carbonyl (C=O) groups excluding carboxylic acids is 2. The van der Waals surface area contributed by atoms with Crippen molar-refractivity contribution in [2.75, 3.05) is 13.2 Å². The van der Waals surface area contributed by atoms with E-state index in [0.717, 1.165) is 51.4 Å². The van der Waals surface area contributed by atoms with Crippen molar-refractivity contribution in [2.24, 2.45) is 34.5 Å². The molecular formula is C23H34O5. The first kappa shape index (κ1) is 19.0. The Morgan fingerprint density at radius 3 is 2.54 bits per heavy atom. The van der Waals surface area contributed by atoms with Gasteiger partial charge in [-0.1, -0.05) is 13.8 Å². The average Bonchev–Trinajstić information content (AvgIpc) is 3.22. The van der Waals surface area contributed by atoms with Crippen LogP contribution in [0.5, 0.6) is 0 Å². The van der Waals surface area contributed by atoms with Gasteiger partial charge in [0.05, 0.1) is 13.2 Å². The van der Waals surface area contributed by atoms with Crippen LogP contribution >= 0.6 is 0 Å². The summed E-state index contributed by atoms with van der Waals surface area (Å²) in [6.07, 6.45) is 7.64. The van der Waals surface area contributed by atoms with Crippen LogP contribution in [0.15, 0.2) is 0 Å². The fourth-order valence-electron chi connectivity index (χ4n) is 8.05. The maximum absolute atomic E-state index is 12.8. The molecule has 5 nitrogen and oxygen atoms in total. The van der Waals surface area contributed by atoms with Crippen LogP contribution in [0, 0.1) is 34.5 Å². The molecule has 1 saturated heterocycles. The number of fused-ring (bicyclic) bond motifs is 6. The summed E-state index contributed by atoms with van der Waals surface area (Å²) in [5.74, 6) is 1.38. The topological polar surface area (TPSA) is 61.8 Å². The van der Waals surface area contributed by atoms with E-state index < -0.39 is 5.79 Å². The van der Waals surface area contributed by atoms with Crippen molar-refractivity contribution in [3.8, 4) is 0 Å². The molecule has 5 aliphatic rings. The molecular weight excluding hydrogens is 356 g/mol. The summed E-state index contributed by atoms with van der Waals surface area (Å²) >= 11 is 0. The zero-order chi connectivity index (χ0) is 19.7. The Hall–Kier alpha value is -0.940. The molecule has 1 aliphatic heterocycles. The lowest BCUT2D eigenvalue weighted by atomic mass is 9.43. The molecule has 0 aromatic heterocycles. The molecule has 5 rings (SSSR count). The van der Waals surface area contributed by atoms with Crippen molar-refractivity contribution < 1.29 is 23.8 Å². The molecule has 0 N–H and O–H groups in total. The van der Waals surface area contributed by atoms with Gasteiger partial charge in [0.15, 0.2) is 5.79 Å². The van der Waals surface area contributed by atoms with E-state index in [9.17, 15) is 9.59 Å². The zero-order valence-corrected chi connectivity index (χ0v) is 17.5. The van der Waals surface area contributed by atoms with Crippen molar-refractivity contribution in [2.45, 2.75) is 84.0 Å². The highest BCUT2D eigenvalue weighted by molar-refractivity contribution is 5.87. The maximum Gasteiger partial charge on any atom is 0.302 e. The summed E-state index contributed by atoms with van der Waals surface area (Å²) in [4.78, 5) is 24.3. The first-order valence-electron chi connectivity index (χ1n) is 11.3. The summed E-state index contributed by atoms with van der Waals surface area (Å²) in [7, 11) is 0. The second kappa shape index (κ2) is 6.28. The second-order valence-corrected chi connectivity index (χ2v) is 10.6. The molecule has 156 valence electrons. The minimum atomic E-state index is -0.538. The number of esters is 1. The highest BCUT2D eigenvalue weighted by Crippen LogP contribution is 2.69. The number of hydrogen-bond acceptors (Lipinski definition) is 5. The number of hydrogen-bond donors (Lipinski definition) is 0. The molecule has 7 atom stereocenters. The lowest BCUT2D eigenvalue weighted by Gasteiger charge is -2.64. The van der Waals surface area contributed by atoms with Crippen LogP contribution in [0.4, 0.5) is 0 Å². The van der Waals surface area contributed by atoms with E-state index in [1.807, 2.05) is 0 Å². The van der Waals surface area contributed by atoms with E-state index in [1.54, 1.807) is 0 Å². The van der Waals surface area contributed by atoms with Crippen LogP contribution in [0.1, 0.15) is 72.1 Å². The average molecular weight is 391 g/mol. The number of rotatable bonds is 1. The highest BCUT2D eigenvalue weighted by atomic mass is 16.7. The maximum atomic E-state index is 12.8. The van der Waals surface area contributed by atoms with Crippen molar-refractivity contribution in [3.63, 3.8) is 0 Å². The van der Waals surface area contributed by atoms with Crippen LogP contribution in [-0.4, -0.2) is 36.9 Å².